The Morgan fingerprint density at radius 2 is 2.00 bits per heavy atom. The van der Waals surface area contributed by atoms with Crippen molar-refractivity contribution in [2.24, 2.45) is 5.92 Å². The fourth-order valence-corrected chi connectivity index (χ4v) is 2.24. The topological polar surface area (TPSA) is 21.3 Å². The number of benzene rings is 1. The maximum absolute atomic E-state index is 5.47. The molecule has 2 heteroatoms. The van der Waals surface area contributed by atoms with E-state index in [-0.39, 0.29) is 0 Å². The number of nitrogens with one attached hydrogen (secondary N) is 1. The zero-order valence-electron chi connectivity index (χ0n) is 10.9. The molecule has 0 aromatic heterocycles. The summed E-state index contributed by atoms with van der Waals surface area (Å²) in [4.78, 5) is 0. The molecule has 94 valence electrons. The lowest BCUT2D eigenvalue weighted by molar-refractivity contribution is 0.122. The molecule has 0 amide bonds. The molecule has 2 unspecified atom stereocenters. The van der Waals surface area contributed by atoms with E-state index in [0.29, 0.717) is 12.1 Å². The van der Waals surface area contributed by atoms with Crippen molar-refractivity contribution in [1.82, 2.24) is 5.32 Å². The fourth-order valence-electron chi connectivity index (χ4n) is 2.24. The number of rotatable bonds is 7. The molecule has 1 aliphatic carbocycles. The molecule has 0 aliphatic heterocycles. The maximum Gasteiger partial charge on any atom is 0.0616 e. The van der Waals surface area contributed by atoms with Crippen LogP contribution in [0.2, 0.25) is 0 Å². The van der Waals surface area contributed by atoms with E-state index in [9.17, 15) is 0 Å². The van der Waals surface area contributed by atoms with Gasteiger partial charge in [0, 0.05) is 18.7 Å². The Morgan fingerprint density at radius 3 is 2.59 bits per heavy atom. The van der Waals surface area contributed by atoms with Gasteiger partial charge in [-0.2, -0.15) is 0 Å². The molecule has 0 heterocycles. The minimum absolute atomic E-state index is 0.417. The van der Waals surface area contributed by atoms with E-state index >= 15 is 0 Å². The minimum Gasteiger partial charge on any atom is -0.380 e. The summed E-state index contributed by atoms with van der Waals surface area (Å²) >= 11 is 0. The molecule has 1 aromatic carbocycles. The lowest BCUT2D eigenvalue weighted by Gasteiger charge is -2.23. The normalized spacial score (nSPS) is 18.9. The van der Waals surface area contributed by atoms with Crippen LogP contribution in [0, 0.1) is 5.92 Å². The van der Waals surface area contributed by atoms with Crippen LogP contribution in [0.25, 0.3) is 0 Å². The zero-order chi connectivity index (χ0) is 12.1. The molecular formula is C15H23NO. The molecule has 1 aliphatic rings. The van der Waals surface area contributed by atoms with E-state index in [2.05, 4.69) is 42.6 Å². The zero-order valence-corrected chi connectivity index (χ0v) is 10.9. The SMILES string of the molecule is CCOCC(C)NC(c1ccccc1)C1CC1. The smallest absolute Gasteiger partial charge is 0.0616 e. The van der Waals surface area contributed by atoms with Crippen molar-refractivity contribution in [1.29, 1.82) is 0 Å². The van der Waals surface area contributed by atoms with E-state index in [1.807, 2.05) is 6.92 Å². The molecule has 1 saturated carbocycles. The van der Waals surface area contributed by atoms with Gasteiger partial charge in [-0.05, 0) is 38.2 Å². The molecule has 1 N–H and O–H groups in total. The first-order valence-electron chi connectivity index (χ1n) is 6.70. The number of hydrogen-bond acceptors (Lipinski definition) is 2. The van der Waals surface area contributed by atoms with Gasteiger partial charge in [0.15, 0.2) is 0 Å². The Morgan fingerprint density at radius 1 is 1.29 bits per heavy atom. The second-order valence-electron chi connectivity index (χ2n) is 4.95. The lowest BCUT2D eigenvalue weighted by atomic mass is 10.0. The van der Waals surface area contributed by atoms with Gasteiger partial charge in [-0.25, -0.2) is 0 Å². The van der Waals surface area contributed by atoms with Crippen LogP contribution < -0.4 is 5.32 Å². The summed E-state index contributed by atoms with van der Waals surface area (Å²) < 4.78 is 5.47. The summed E-state index contributed by atoms with van der Waals surface area (Å²) in [5.41, 5.74) is 1.42. The molecule has 0 spiro atoms. The highest BCUT2D eigenvalue weighted by atomic mass is 16.5. The van der Waals surface area contributed by atoms with Gasteiger partial charge in [-0.3, -0.25) is 0 Å². The average Bonchev–Trinajstić information content (AvgIpc) is 3.19. The largest absolute Gasteiger partial charge is 0.380 e. The molecule has 0 saturated heterocycles. The van der Waals surface area contributed by atoms with Gasteiger partial charge >= 0.3 is 0 Å². The molecular weight excluding hydrogens is 210 g/mol. The summed E-state index contributed by atoms with van der Waals surface area (Å²) in [6, 6.07) is 11.7. The highest BCUT2D eigenvalue weighted by Crippen LogP contribution is 2.41. The quantitative estimate of drug-likeness (QED) is 0.781. The molecule has 2 rings (SSSR count). The second kappa shape index (κ2) is 6.18. The highest BCUT2D eigenvalue weighted by molar-refractivity contribution is 5.21. The van der Waals surface area contributed by atoms with Crippen molar-refractivity contribution < 1.29 is 4.74 Å². The van der Waals surface area contributed by atoms with E-state index in [1.165, 1.54) is 18.4 Å². The summed E-state index contributed by atoms with van der Waals surface area (Å²) in [6.45, 7) is 5.84. The molecule has 2 nitrogen and oxygen atoms in total. The number of hydrogen-bond donors (Lipinski definition) is 1. The molecule has 2 atom stereocenters. The van der Waals surface area contributed by atoms with Gasteiger partial charge in [0.05, 0.1) is 6.61 Å². The fraction of sp³-hybridized carbons (Fsp3) is 0.600. The van der Waals surface area contributed by atoms with Crippen LogP contribution in [0.1, 0.15) is 38.3 Å². The third-order valence-electron chi connectivity index (χ3n) is 3.29. The van der Waals surface area contributed by atoms with Gasteiger partial charge in [0.25, 0.3) is 0 Å². The van der Waals surface area contributed by atoms with Crippen LogP contribution in [-0.2, 0) is 4.74 Å². The Hall–Kier alpha value is -0.860. The molecule has 17 heavy (non-hydrogen) atoms. The Kier molecular flexibility index (Phi) is 4.57. The van der Waals surface area contributed by atoms with Gasteiger partial charge < -0.3 is 10.1 Å². The summed E-state index contributed by atoms with van der Waals surface area (Å²) in [5.74, 6) is 0.821. The van der Waals surface area contributed by atoms with Crippen molar-refractivity contribution in [2.75, 3.05) is 13.2 Å². The average molecular weight is 233 g/mol. The number of ether oxygens (including phenoxy) is 1. The van der Waals surface area contributed by atoms with Crippen LogP contribution >= 0.6 is 0 Å². The van der Waals surface area contributed by atoms with E-state index < -0.39 is 0 Å². The van der Waals surface area contributed by atoms with Crippen LogP contribution in [0.5, 0.6) is 0 Å². The molecule has 1 aromatic rings. The Bertz CT molecular complexity index is 321. The van der Waals surface area contributed by atoms with Crippen molar-refractivity contribution in [2.45, 2.75) is 38.8 Å². The van der Waals surface area contributed by atoms with Gasteiger partial charge in [-0.1, -0.05) is 30.3 Å². The van der Waals surface area contributed by atoms with Crippen LogP contribution in [0.4, 0.5) is 0 Å². The summed E-state index contributed by atoms with van der Waals surface area (Å²) in [7, 11) is 0. The second-order valence-corrected chi connectivity index (χ2v) is 4.95. The molecule has 1 fully saturated rings. The predicted octanol–water partition coefficient (Wildman–Crippen LogP) is 3.15. The van der Waals surface area contributed by atoms with Gasteiger partial charge in [-0.15, -0.1) is 0 Å². The predicted molar refractivity (Wildman–Crippen MR) is 71.0 cm³/mol. The monoisotopic (exact) mass is 233 g/mol. The highest BCUT2D eigenvalue weighted by Gasteiger charge is 2.32. The first kappa shape index (κ1) is 12.6. The van der Waals surface area contributed by atoms with Gasteiger partial charge in [0.2, 0.25) is 0 Å². The third kappa shape index (κ3) is 3.83. The van der Waals surface area contributed by atoms with Crippen molar-refractivity contribution in [3.8, 4) is 0 Å². The van der Waals surface area contributed by atoms with Crippen LogP contribution in [0.3, 0.4) is 0 Å². The van der Waals surface area contributed by atoms with Crippen LogP contribution in [0.15, 0.2) is 30.3 Å². The lowest BCUT2D eigenvalue weighted by Crippen LogP contribution is -2.35. The Labute approximate surface area is 104 Å². The first-order valence-corrected chi connectivity index (χ1v) is 6.70. The van der Waals surface area contributed by atoms with Crippen molar-refractivity contribution >= 4 is 0 Å². The third-order valence-corrected chi connectivity index (χ3v) is 3.29. The van der Waals surface area contributed by atoms with E-state index in [1.54, 1.807) is 0 Å². The standard InChI is InChI=1S/C15H23NO/c1-3-17-11-12(2)16-15(14-9-10-14)13-7-5-4-6-8-13/h4-8,12,14-16H,3,9-11H2,1-2H3. The Balaban J connectivity index is 1.94. The first-order chi connectivity index (χ1) is 8.31. The summed E-state index contributed by atoms with van der Waals surface area (Å²) in [5, 5.41) is 3.70. The molecule has 0 bridgehead atoms. The van der Waals surface area contributed by atoms with Gasteiger partial charge in [0.1, 0.15) is 0 Å². The van der Waals surface area contributed by atoms with E-state index in [4.69, 9.17) is 4.74 Å². The van der Waals surface area contributed by atoms with Crippen molar-refractivity contribution in [3.05, 3.63) is 35.9 Å². The molecule has 0 radical (unpaired) electrons. The summed E-state index contributed by atoms with van der Waals surface area (Å²) in [6.07, 6.45) is 2.71. The maximum atomic E-state index is 5.47. The van der Waals surface area contributed by atoms with Crippen LogP contribution in [-0.4, -0.2) is 19.3 Å². The van der Waals surface area contributed by atoms with Crippen molar-refractivity contribution in [3.63, 3.8) is 0 Å². The van der Waals surface area contributed by atoms with E-state index in [0.717, 1.165) is 19.1 Å². The minimum atomic E-state index is 0.417.